The number of phenols is 1. The molecule has 0 spiro atoms. The number of nitrogens with zero attached hydrogens (tertiary/aromatic N) is 1. The summed E-state index contributed by atoms with van der Waals surface area (Å²) < 4.78 is 5.27. The number of anilines is 1. The van der Waals surface area contributed by atoms with E-state index in [1.165, 1.54) is 0 Å². The molecule has 5 heteroatoms. The van der Waals surface area contributed by atoms with Gasteiger partial charge in [-0.3, -0.25) is 0 Å². The predicted molar refractivity (Wildman–Crippen MR) is 73.4 cm³/mol. The summed E-state index contributed by atoms with van der Waals surface area (Å²) in [4.78, 5) is 4.26. The van der Waals surface area contributed by atoms with Crippen LogP contribution in [0.25, 0.3) is 10.8 Å². The van der Waals surface area contributed by atoms with E-state index in [9.17, 15) is 5.11 Å². The number of aromatic nitrogens is 1. The van der Waals surface area contributed by atoms with Crippen LogP contribution in [0.1, 0.15) is 0 Å². The first kappa shape index (κ1) is 12.9. The van der Waals surface area contributed by atoms with E-state index in [0.29, 0.717) is 25.6 Å². The van der Waals surface area contributed by atoms with Gasteiger partial charge in [-0.05, 0) is 23.6 Å². The molecule has 0 saturated heterocycles. The summed E-state index contributed by atoms with van der Waals surface area (Å²) >= 11 is 5.51. The van der Waals surface area contributed by atoms with Crippen LogP contribution in [0.15, 0.2) is 30.5 Å². The molecular formula is C13H15ClN2O2. The second kappa shape index (κ2) is 6.42. The van der Waals surface area contributed by atoms with Crippen LogP contribution in [0.3, 0.4) is 0 Å². The fourth-order valence-corrected chi connectivity index (χ4v) is 1.80. The Balaban J connectivity index is 2.05. The molecule has 2 rings (SSSR count). The predicted octanol–water partition coefficient (Wildman–Crippen LogP) is 2.61. The van der Waals surface area contributed by atoms with E-state index in [1.54, 1.807) is 18.3 Å². The van der Waals surface area contributed by atoms with E-state index in [4.69, 9.17) is 16.3 Å². The molecule has 0 radical (unpaired) electrons. The van der Waals surface area contributed by atoms with Gasteiger partial charge in [0.1, 0.15) is 11.6 Å². The number of hydrogen-bond donors (Lipinski definition) is 2. The zero-order valence-electron chi connectivity index (χ0n) is 9.90. The van der Waals surface area contributed by atoms with Crippen molar-refractivity contribution in [3.63, 3.8) is 0 Å². The Morgan fingerprint density at radius 1 is 1.28 bits per heavy atom. The summed E-state index contributed by atoms with van der Waals surface area (Å²) in [6, 6.07) is 7.13. The number of nitrogens with one attached hydrogen (secondary N) is 1. The molecule has 0 amide bonds. The Labute approximate surface area is 111 Å². The first-order valence-corrected chi connectivity index (χ1v) is 6.30. The first-order valence-electron chi connectivity index (χ1n) is 5.76. The maximum absolute atomic E-state index is 9.50. The van der Waals surface area contributed by atoms with Crippen LogP contribution in [0.2, 0.25) is 0 Å². The average Bonchev–Trinajstić information content (AvgIpc) is 2.39. The number of rotatable bonds is 6. The van der Waals surface area contributed by atoms with E-state index in [0.717, 1.165) is 16.6 Å². The van der Waals surface area contributed by atoms with Crippen LogP contribution < -0.4 is 5.32 Å². The van der Waals surface area contributed by atoms with Crippen LogP contribution >= 0.6 is 11.6 Å². The highest BCUT2D eigenvalue weighted by molar-refractivity contribution is 6.17. The standard InChI is InChI=1S/C13H15ClN2O2/c14-4-7-18-8-6-16-13-12-9-11(17)2-1-10(12)3-5-15-13/h1-3,5,9,17H,4,6-8H2,(H,15,16). The number of alkyl halides is 1. The van der Waals surface area contributed by atoms with E-state index in [1.807, 2.05) is 12.1 Å². The highest BCUT2D eigenvalue weighted by Gasteiger charge is 2.02. The number of hydrogen-bond acceptors (Lipinski definition) is 4. The lowest BCUT2D eigenvalue weighted by Crippen LogP contribution is -2.11. The molecule has 0 fully saturated rings. The van der Waals surface area contributed by atoms with Crippen molar-refractivity contribution in [2.45, 2.75) is 0 Å². The minimum Gasteiger partial charge on any atom is -0.508 e. The van der Waals surface area contributed by atoms with Gasteiger partial charge in [-0.15, -0.1) is 11.6 Å². The second-order valence-corrected chi connectivity index (χ2v) is 4.17. The molecule has 0 saturated carbocycles. The number of pyridine rings is 1. The Bertz CT molecular complexity index is 519. The summed E-state index contributed by atoms with van der Waals surface area (Å²) in [7, 11) is 0. The molecule has 1 aromatic heterocycles. The van der Waals surface area contributed by atoms with Crippen LogP contribution in [0.4, 0.5) is 5.82 Å². The van der Waals surface area contributed by atoms with Crippen molar-refractivity contribution >= 4 is 28.2 Å². The normalized spacial score (nSPS) is 10.7. The zero-order chi connectivity index (χ0) is 12.8. The maximum Gasteiger partial charge on any atom is 0.134 e. The van der Waals surface area contributed by atoms with Crippen LogP contribution in [0.5, 0.6) is 5.75 Å². The Morgan fingerprint density at radius 3 is 3.00 bits per heavy atom. The Morgan fingerprint density at radius 2 is 2.17 bits per heavy atom. The number of ether oxygens (including phenoxy) is 1. The Kier molecular flexibility index (Phi) is 4.61. The average molecular weight is 267 g/mol. The lowest BCUT2D eigenvalue weighted by molar-refractivity contribution is 0.160. The van der Waals surface area contributed by atoms with Crippen molar-refractivity contribution in [3.05, 3.63) is 30.5 Å². The largest absolute Gasteiger partial charge is 0.508 e. The van der Waals surface area contributed by atoms with Crippen molar-refractivity contribution in [2.24, 2.45) is 0 Å². The summed E-state index contributed by atoms with van der Waals surface area (Å²) in [6.45, 7) is 1.77. The minimum atomic E-state index is 0.233. The van der Waals surface area contributed by atoms with Gasteiger partial charge in [0, 0.05) is 24.0 Å². The Hall–Kier alpha value is -1.52. The molecule has 0 bridgehead atoms. The van der Waals surface area contributed by atoms with E-state index >= 15 is 0 Å². The van der Waals surface area contributed by atoms with Gasteiger partial charge in [0.2, 0.25) is 0 Å². The van der Waals surface area contributed by atoms with Gasteiger partial charge in [0.05, 0.1) is 13.2 Å². The lowest BCUT2D eigenvalue weighted by atomic mass is 10.1. The third-order valence-corrected chi connectivity index (χ3v) is 2.66. The van der Waals surface area contributed by atoms with Gasteiger partial charge in [0.15, 0.2) is 0 Å². The number of aromatic hydroxyl groups is 1. The van der Waals surface area contributed by atoms with Crippen LogP contribution in [-0.2, 0) is 4.74 Å². The highest BCUT2D eigenvalue weighted by Crippen LogP contribution is 2.24. The van der Waals surface area contributed by atoms with Gasteiger partial charge in [0.25, 0.3) is 0 Å². The van der Waals surface area contributed by atoms with Crippen molar-refractivity contribution in [1.82, 2.24) is 4.98 Å². The van der Waals surface area contributed by atoms with Gasteiger partial charge >= 0.3 is 0 Å². The number of benzene rings is 1. The molecule has 4 nitrogen and oxygen atoms in total. The SMILES string of the molecule is Oc1ccc2ccnc(NCCOCCCl)c2c1. The number of halogens is 1. The lowest BCUT2D eigenvalue weighted by Gasteiger charge is -2.09. The molecule has 0 unspecified atom stereocenters. The molecule has 0 aliphatic carbocycles. The first-order chi connectivity index (χ1) is 8.81. The van der Waals surface area contributed by atoms with Crippen LogP contribution in [-0.4, -0.2) is 35.7 Å². The molecule has 0 aliphatic heterocycles. The fraction of sp³-hybridized carbons (Fsp3) is 0.308. The summed E-state index contributed by atoms with van der Waals surface area (Å²) in [6.07, 6.45) is 1.74. The minimum absolute atomic E-state index is 0.233. The fourth-order valence-electron chi connectivity index (χ4n) is 1.70. The van der Waals surface area contributed by atoms with Crippen molar-refractivity contribution in [1.29, 1.82) is 0 Å². The molecule has 1 heterocycles. The van der Waals surface area contributed by atoms with Crippen molar-refractivity contribution in [2.75, 3.05) is 31.0 Å². The zero-order valence-corrected chi connectivity index (χ0v) is 10.7. The van der Waals surface area contributed by atoms with Crippen LogP contribution in [0, 0.1) is 0 Å². The quantitative estimate of drug-likeness (QED) is 0.623. The topological polar surface area (TPSA) is 54.4 Å². The van der Waals surface area contributed by atoms with Gasteiger partial charge in [-0.2, -0.15) is 0 Å². The van der Waals surface area contributed by atoms with Crippen molar-refractivity contribution in [3.8, 4) is 5.75 Å². The molecule has 0 atom stereocenters. The summed E-state index contributed by atoms with van der Waals surface area (Å²) in [5.74, 6) is 1.48. The number of fused-ring (bicyclic) bond motifs is 1. The third-order valence-electron chi connectivity index (χ3n) is 2.51. The molecule has 2 aromatic rings. The van der Waals surface area contributed by atoms with E-state index < -0.39 is 0 Å². The van der Waals surface area contributed by atoms with E-state index in [-0.39, 0.29) is 5.75 Å². The van der Waals surface area contributed by atoms with Gasteiger partial charge in [-0.25, -0.2) is 4.98 Å². The maximum atomic E-state index is 9.50. The van der Waals surface area contributed by atoms with Gasteiger partial charge < -0.3 is 15.2 Å². The smallest absolute Gasteiger partial charge is 0.134 e. The summed E-state index contributed by atoms with van der Waals surface area (Å²) in [5, 5.41) is 14.6. The molecule has 18 heavy (non-hydrogen) atoms. The molecule has 0 aliphatic rings. The van der Waals surface area contributed by atoms with Crippen molar-refractivity contribution < 1.29 is 9.84 Å². The molecule has 2 N–H and O–H groups in total. The highest BCUT2D eigenvalue weighted by atomic mass is 35.5. The van der Waals surface area contributed by atoms with E-state index in [2.05, 4.69) is 10.3 Å². The van der Waals surface area contributed by atoms with Gasteiger partial charge in [-0.1, -0.05) is 6.07 Å². The summed E-state index contributed by atoms with van der Waals surface area (Å²) in [5.41, 5.74) is 0. The molecule has 1 aromatic carbocycles. The number of phenolic OH excluding ortho intramolecular Hbond substituents is 1. The third kappa shape index (κ3) is 3.24. The molecule has 96 valence electrons. The molecular weight excluding hydrogens is 252 g/mol. The second-order valence-electron chi connectivity index (χ2n) is 3.79. The monoisotopic (exact) mass is 266 g/mol.